The van der Waals surface area contributed by atoms with Crippen molar-refractivity contribution in [2.75, 3.05) is 16.5 Å². The Bertz CT molecular complexity index is 625. The number of nitrogens with zero attached hydrogens (tertiary/aromatic N) is 1. The van der Waals surface area contributed by atoms with Gasteiger partial charge in [-0.3, -0.25) is 4.79 Å². The number of anilines is 1. The maximum atomic E-state index is 12.0. The van der Waals surface area contributed by atoms with Crippen LogP contribution in [-0.4, -0.2) is 32.0 Å². The smallest absolute Gasteiger partial charge is 0.242 e. The molecule has 0 saturated heterocycles. The molecule has 1 atom stereocenters. The fraction of sp³-hybridized carbons (Fsp3) is 0.308. The minimum atomic E-state index is -3.22. The van der Waals surface area contributed by atoms with Crippen molar-refractivity contribution in [1.29, 1.82) is 0 Å². The molecule has 1 aliphatic rings. The molecule has 0 aliphatic carbocycles. The summed E-state index contributed by atoms with van der Waals surface area (Å²) in [5, 5.41) is 1.16. The van der Waals surface area contributed by atoms with Crippen molar-refractivity contribution >= 4 is 33.0 Å². The lowest BCUT2D eigenvalue weighted by Crippen LogP contribution is -2.42. The van der Waals surface area contributed by atoms with E-state index in [0.29, 0.717) is 5.69 Å². The first kappa shape index (κ1) is 14.1. The molecule has 2 rings (SSSR count). The Kier molecular flexibility index (Phi) is 3.96. The van der Waals surface area contributed by atoms with Gasteiger partial charge in [-0.05, 0) is 24.6 Å². The zero-order valence-corrected chi connectivity index (χ0v) is 12.0. The first-order valence-electron chi connectivity index (χ1n) is 5.79. The lowest BCUT2D eigenvalue weighted by molar-refractivity contribution is -0.116. The summed E-state index contributed by atoms with van der Waals surface area (Å²) >= 11 is 5.63. The molecule has 4 nitrogen and oxygen atoms in total. The van der Waals surface area contributed by atoms with Crippen LogP contribution in [0.4, 0.5) is 5.69 Å². The van der Waals surface area contributed by atoms with Crippen LogP contribution in [0.15, 0.2) is 35.7 Å². The second-order valence-corrected chi connectivity index (χ2v) is 6.61. The monoisotopic (exact) mass is 299 g/mol. The van der Waals surface area contributed by atoms with Gasteiger partial charge in [0, 0.05) is 11.1 Å². The number of para-hydroxylation sites is 1. The summed E-state index contributed by atoms with van der Waals surface area (Å²) in [6, 6.07) is 6.85. The Hall–Kier alpha value is -1.33. The second-order valence-electron chi connectivity index (χ2n) is 4.41. The van der Waals surface area contributed by atoms with E-state index in [1.165, 1.54) is 11.0 Å². The molecule has 0 unspecified atom stereocenters. The second kappa shape index (κ2) is 5.35. The highest BCUT2D eigenvalue weighted by Crippen LogP contribution is 2.26. The van der Waals surface area contributed by atoms with Crippen LogP contribution in [-0.2, 0) is 14.6 Å². The number of aryl methyl sites for hydroxylation is 1. The lowest BCUT2D eigenvalue weighted by atomic mass is 10.1. The zero-order chi connectivity index (χ0) is 14.0. The van der Waals surface area contributed by atoms with Crippen molar-refractivity contribution in [3.05, 3.63) is 41.3 Å². The number of benzene rings is 1. The highest BCUT2D eigenvalue weighted by atomic mass is 35.5. The van der Waals surface area contributed by atoms with E-state index in [2.05, 4.69) is 0 Å². The Morgan fingerprint density at radius 2 is 2.11 bits per heavy atom. The van der Waals surface area contributed by atoms with E-state index in [1.807, 2.05) is 25.1 Å². The summed E-state index contributed by atoms with van der Waals surface area (Å²) in [5.74, 6) is -0.578. The predicted molar refractivity (Wildman–Crippen MR) is 76.1 cm³/mol. The third-order valence-corrected chi connectivity index (χ3v) is 4.61. The first-order valence-corrected chi connectivity index (χ1v) is 8.04. The van der Waals surface area contributed by atoms with Crippen molar-refractivity contribution in [2.45, 2.75) is 13.0 Å². The molecule has 0 aromatic heterocycles. The Balaban J connectivity index is 2.42. The van der Waals surface area contributed by atoms with E-state index >= 15 is 0 Å². The molecular weight excluding hydrogens is 286 g/mol. The zero-order valence-electron chi connectivity index (χ0n) is 10.4. The summed E-state index contributed by atoms with van der Waals surface area (Å²) in [6.07, 6.45) is 1.53. The lowest BCUT2D eigenvalue weighted by Gasteiger charge is -2.28. The van der Waals surface area contributed by atoms with Crippen molar-refractivity contribution < 1.29 is 13.2 Å². The fourth-order valence-electron chi connectivity index (χ4n) is 2.12. The van der Waals surface area contributed by atoms with Crippen molar-refractivity contribution in [2.24, 2.45) is 0 Å². The van der Waals surface area contributed by atoms with E-state index in [4.69, 9.17) is 11.6 Å². The minimum absolute atomic E-state index is 0.0933. The van der Waals surface area contributed by atoms with Gasteiger partial charge >= 0.3 is 0 Å². The minimum Gasteiger partial charge on any atom is -0.303 e. The molecule has 1 aliphatic heterocycles. The first-order chi connectivity index (χ1) is 8.94. The van der Waals surface area contributed by atoms with Crippen molar-refractivity contribution in [3.63, 3.8) is 0 Å². The van der Waals surface area contributed by atoms with Gasteiger partial charge in [0.05, 0.1) is 11.8 Å². The van der Waals surface area contributed by atoms with E-state index in [-0.39, 0.29) is 17.5 Å². The molecule has 0 bridgehead atoms. The molecule has 1 aromatic rings. The molecule has 0 saturated carbocycles. The third kappa shape index (κ3) is 2.98. The van der Waals surface area contributed by atoms with Gasteiger partial charge in [-0.25, -0.2) is 8.42 Å². The van der Waals surface area contributed by atoms with Gasteiger partial charge in [0.25, 0.3) is 0 Å². The molecule has 0 N–H and O–H groups in total. The van der Waals surface area contributed by atoms with Gasteiger partial charge in [0.15, 0.2) is 9.84 Å². The molecular formula is C13H14ClNO3S. The molecule has 6 heteroatoms. The maximum absolute atomic E-state index is 12.0. The van der Waals surface area contributed by atoms with Crippen LogP contribution in [0.5, 0.6) is 0 Å². The summed E-state index contributed by atoms with van der Waals surface area (Å²) in [5.41, 5.74) is 1.60. The molecule has 0 spiro atoms. The summed E-state index contributed by atoms with van der Waals surface area (Å²) < 4.78 is 23.0. The average Bonchev–Trinajstić information content (AvgIpc) is 2.72. The Morgan fingerprint density at radius 1 is 1.42 bits per heavy atom. The Labute approximate surface area is 117 Å². The van der Waals surface area contributed by atoms with Gasteiger partial charge in [0.1, 0.15) is 5.88 Å². The number of sulfone groups is 1. The SMILES string of the molecule is Cc1ccccc1N(C(=O)CCl)[C@@H]1C=CS(=O)(=O)C1. The number of amides is 1. The van der Waals surface area contributed by atoms with Crippen LogP contribution in [0.25, 0.3) is 0 Å². The molecule has 19 heavy (non-hydrogen) atoms. The van der Waals surface area contributed by atoms with Crippen LogP contribution in [0.1, 0.15) is 5.56 Å². The molecule has 102 valence electrons. The van der Waals surface area contributed by atoms with Gasteiger partial charge in [-0.2, -0.15) is 0 Å². The highest BCUT2D eigenvalue weighted by Gasteiger charge is 2.31. The molecule has 1 aromatic carbocycles. The molecule has 1 amide bonds. The Morgan fingerprint density at radius 3 is 2.63 bits per heavy atom. The quantitative estimate of drug-likeness (QED) is 0.801. The number of carbonyl (C=O) groups is 1. The third-order valence-electron chi connectivity index (χ3n) is 3.00. The normalized spacial score (nSPS) is 20.4. The predicted octanol–water partition coefficient (Wildman–Crippen LogP) is 1.88. The van der Waals surface area contributed by atoms with Crippen LogP contribution in [0, 0.1) is 6.92 Å². The van der Waals surface area contributed by atoms with E-state index in [1.54, 1.807) is 6.07 Å². The highest BCUT2D eigenvalue weighted by molar-refractivity contribution is 7.94. The van der Waals surface area contributed by atoms with Crippen LogP contribution in [0.3, 0.4) is 0 Å². The molecule has 0 fully saturated rings. The number of hydrogen-bond acceptors (Lipinski definition) is 3. The molecule has 1 heterocycles. The largest absolute Gasteiger partial charge is 0.303 e. The number of rotatable bonds is 3. The van der Waals surface area contributed by atoms with Crippen LogP contribution in [0.2, 0.25) is 0 Å². The standard InChI is InChI=1S/C13H14ClNO3S/c1-10-4-2-3-5-12(10)15(13(16)8-14)11-6-7-19(17,18)9-11/h2-7,11H,8-9H2,1H3/t11-/m1/s1. The van der Waals surface area contributed by atoms with Crippen molar-refractivity contribution in [3.8, 4) is 0 Å². The van der Waals surface area contributed by atoms with E-state index < -0.39 is 15.9 Å². The maximum Gasteiger partial charge on any atom is 0.242 e. The average molecular weight is 300 g/mol. The molecule has 0 radical (unpaired) electrons. The van der Waals surface area contributed by atoms with Crippen LogP contribution >= 0.6 is 11.6 Å². The van der Waals surface area contributed by atoms with E-state index in [0.717, 1.165) is 11.0 Å². The number of carbonyl (C=O) groups excluding carboxylic acids is 1. The van der Waals surface area contributed by atoms with Crippen molar-refractivity contribution in [1.82, 2.24) is 0 Å². The fourth-order valence-corrected chi connectivity index (χ4v) is 3.51. The number of halogens is 1. The van der Waals surface area contributed by atoms with Crippen LogP contribution < -0.4 is 4.90 Å². The number of hydrogen-bond donors (Lipinski definition) is 0. The van der Waals surface area contributed by atoms with Gasteiger partial charge in [-0.15, -0.1) is 11.6 Å². The summed E-state index contributed by atoms with van der Waals surface area (Å²) in [4.78, 5) is 13.5. The van der Waals surface area contributed by atoms with Gasteiger partial charge in [-0.1, -0.05) is 18.2 Å². The summed E-state index contributed by atoms with van der Waals surface area (Å²) in [6.45, 7) is 1.87. The van der Waals surface area contributed by atoms with E-state index in [9.17, 15) is 13.2 Å². The number of alkyl halides is 1. The topological polar surface area (TPSA) is 54.5 Å². The van der Waals surface area contributed by atoms with Gasteiger partial charge in [0.2, 0.25) is 5.91 Å². The summed E-state index contributed by atoms with van der Waals surface area (Å²) in [7, 11) is -3.22. The van der Waals surface area contributed by atoms with Gasteiger partial charge < -0.3 is 4.90 Å².